The topological polar surface area (TPSA) is 56.9 Å². The van der Waals surface area contributed by atoms with Gasteiger partial charge >= 0.3 is 11.8 Å². The molecule has 0 saturated carbocycles. The van der Waals surface area contributed by atoms with Gasteiger partial charge in [-0.3, -0.25) is 9.59 Å². The highest BCUT2D eigenvalue weighted by Gasteiger charge is 2.16. The van der Waals surface area contributed by atoms with Crippen LogP contribution in [-0.4, -0.2) is 29.8 Å². The number of hydrogen-bond acceptors (Lipinski definition) is 3. The zero-order chi connectivity index (χ0) is 13.5. The molecule has 1 aromatic carbocycles. The molecule has 0 radical (unpaired) electrons. The van der Waals surface area contributed by atoms with Crippen LogP contribution in [0.3, 0.4) is 0 Å². The van der Waals surface area contributed by atoms with Crippen molar-refractivity contribution in [3.63, 3.8) is 0 Å². The van der Waals surface area contributed by atoms with Gasteiger partial charge in [0.2, 0.25) is 0 Å². The van der Waals surface area contributed by atoms with E-state index in [1.165, 1.54) is 6.92 Å². The molecule has 0 fully saturated rings. The lowest BCUT2D eigenvalue weighted by Crippen LogP contribution is -2.10. The number of ketones is 1. The van der Waals surface area contributed by atoms with E-state index >= 15 is 0 Å². The highest BCUT2D eigenvalue weighted by molar-refractivity contribution is 5.98. The van der Waals surface area contributed by atoms with Crippen LogP contribution in [0.1, 0.15) is 26.3 Å². The lowest BCUT2D eigenvalue weighted by Gasteiger charge is -2.06. The van der Waals surface area contributed by atoms with Gasteiger partial charge in [0.05, 0.1) is 11.5 Å². The maximum atomic E-state index is 10.5. The van der Waals surface area contributed by atoms with E-state index in [-0.39, 0.29) is 18.5 Å². The van der Waals surface area contributed by atoms with Crippen LogP contribution >= 0.6 is 0 Å². The summed E-state index contributed by atoms with van der Waals surface area (Å²) in [5.41, 5.74) is 0.789. The van der Waals surface area contributed by atoms with Crippen LogP contribution in [0.25, 0.3) is 0 Å². The number of hydrogen-bond donors (Lipinski definition) is 0. The predicted molar refractivity (Wildman–Crippen MR) is 69.5 cm³/mol. The fourth-order valence-corrected chi connectivity index (χ4v) is 1.40. The second kappa shape index (κ2) is 6.79. The van der Waals surface area contributed by atoms with Crippen molar-refractivity contribution in [3.05, 3.63) is 29.8 Å². The van der Waals surface area contributed by atoms with Gasteiger partial charge in [-0.25, -0.2) is 0 Å². The summed E-state index contributed by atoms with van der Waals surface area (Å²) in [5, 5.41) is 0. The molecular weight excluding hydrogens is 232 g/mol. The number of carbonyl (C=O) groups is 1. The first kappa shape index (κ1) is 14.2. The van der Waals surface area contributed by atoms with Crippen molar-refractivity contribution in [3.8, 4) is 5.75 Å². The van der Waals surface area contributed by atoms with E-state index in [4.69, 9.17) is 9.47 Å². The molecule has 4 nitrogen and oxygen atoms in total. The zero-order valence-electron chi connectivity index (χ0n) is 11.0. The molecule has 0 heterocycles. The van der Waals surface area contributed by atoms with Crippen molar-refractivity contribution in [1.82, 2.24) is 0 Å². The minimum Gasteiger partial charge on any atom is -0.490 e. The molecule has 1 rings (SSSR count). The SMILES string of the molecule is CC(=O)OCCOc1ccc(C(=[OH+])C(C)C)cc1. The Morgan fingerprint density at radius 2 is 1.83 bits per heavy atom. The Hall–Kier alpha value is -1.84. The maximum absolute atomic E-state index is 10.5. The van der Waals surface area contributed by atoms with Crippen LogP contribution in [0.5, 0.6) is 5.75 Å². The van der Waals surface area contributed by atoms with Gasteiger partial charge in [-0.1, -0.05) is 13.8 Å². The molecule has 0 bridgehead atoms. The molecule has 0 aliphatic carbocycles. The molecule has 18 heavy (non-hydrogen) atoms. The molecule has 0 aliphatic heterocycles. The maximum Gasteiger partial charge on any atom is 0.326 e. The van der Waals surface area contributed by atoms with Gasteiger partial charge in [0, 0.05) is 6.92 Å². The highest BCUT2D eigenvalue weighted by atomic mass is 16.6. The molecule has 0 unspecified atom stereocenters. The fourth-order valence-electron chi connectivity index (χ4n) is 1.40. The van der Waals surface area contributed by atoms with Crippen molar-refractivity contribution in [1.29, 1.82) is 0 Å². The quantitative estimate of drug-likeness (QED) is 0.337. The fraction of sp³-hybridized carbons (Fsp3) is 0.429. The summed E-state index contributed by atoms with van der Waals surface area (Å²) >= 11 is 0. The van der Waals surface area contributed by atoms with Crippen molar-refractivity contribution in [2.24, 2.45) is 5.92 Å². The van der Waals surface area contributed by atoms with Gasteiger partial charge in [-0.05, 0) is 24.3 Å². The Morgan fingerprint density at radius 3 is 2.33 bits per heavy atom. The smallest absolute Gasteiger partial charge is 0.326 e. The molecule has 0 amide bonds. The van der Waals surface area contributed by atoms with Crippen molar-refractivity contribution in [2.45, 2.75) is 20.8 Å². The molecule has 98 valence electrons. The normalized spacial score (nSPS) is 10.2. The molecule has 0 aromatic heterocycles. The monoisotopic (exact) mass is 251 g/mol. The molecule has 0 atom stereocenters. The van der Waals surface area contributed by atoms with Crippen molar-refractivity contribution < 1.29 is 19.1 Å². The molecule has 0 saturated heterocycles. The first-order valence-corrected chi connectivity index (χ1v) is 5.93. The third-order valence-corrected chi connectivity index (χ3v) is 2.35. The summed E-state index contributed by atoms with van der Waals surface area (Å²) in [7, 11) is 0. The third-order valence-electron chi connectivity index (χ3n) is 2.35. The first-order chi connectivity index (χ1) is 8.50. The Balaban J connectivity index is 2.45. The second-order valence-corrected chi connectivity index (χ2v) is 4.25. The lowest BCUT2D eigenvalue weighted by molar-refractivity contribution is -0.141. The molecule has 0 aliphatic rings. The predicted octanol–water partition coefficient (Wildman–Crippen LogP) is 2.18. The van der Waals surface area contributed by atoms with Crippen molar-refractivity contribution >= 4 is 11.8 Å². The molecule has 1 N–H and O–H groups in total. The lowest BCUT2D eigenvalue weighted by atomic mass is 10.0. The average Bonchev–Trinajstić information content (AvgIpc) is 2.34. The Kier molecular flexibility index (Phi) is 5.36. The van der Waals surface area contributed by atoms with Crippen LogP contribution in [0.2, 0.25) is 0 Å². The third kappa shape index (κ3) is 4.57. The Morgan fingerprint density at radius 1 is 1.22 bits per heavy atom. The first-order valence-electron chi connectivity index (χ1n) is 5.93. The van der Waals surface area contributed by atoms with E-state index in [9.17, 15) is 9.59 Å². The Labute approximate surface area is 107 Å². The second-order valence-electron chi connectivity index (χ2n) is 4.25. The largest absolute Gasteiger partial charge is 0.490 e. The summed E-state index contributed by atoms with van der Waals surface area (Å²) in [6.45, 7) is 5.77. The zero-order valence-corrected chi connectivity index (χ0v) is 11.0. The van der Waals surface area contributed by atoms with E-state index in [0.29, 0.717) is 18.1 Å². The summed E-state index contributed by atoms with van der Waals surface area (Å²) in [6.07, 6.45) is 0. The van der Waals surface area contributed by atoms with Gasteiger partial charge in [0.25, 0.3) is 0 Å². The van der Waals surface area contributed by atoms with E-state index < -0.39 is 0 Å². The summed E-state index contributed by atoms with van der Waals surface area (Å²) in [5.74, 6) is 0.829. The van der Waals surface area contributed by atoms with Gasteiger partial charge in [-0.2, -0.15) is 0 Å². The van der Waals surface area contributed by atoms with E-state index in [2.05, 4.69) is 0 Å². The molecular formula is C14H19O4+. The summed E-state index contributed by atoms with van der Waals surface area (Å²) < 4.78 is 10.1. The van der Waals surface area contributed by atoms with E-state index in [0.717, 1.165) is 5.56 Å². The van der Waals surface area contributed by atoms with Crippen LogP contribution in [0, 0.1) is 5.92 Å². The molecule has 1 aromatic rings. The Bertz CT molecular complexity index is 406. The molecule has 0 spiro atoms. The number of carbonyl (C=O) groups excluding carboxylic acids is 2. The van der Waals surface area contributed by atoms with Crippen molar-refractivity contribution in [2.75, 3.05) is 13.2 Å². The molecule has 4 heteroatoms. The minimum atomic E-state index is -0.314. The standard InChI is InChI=1S/C14H18O4/c1-10(2)14(16)12-4-6-13(7-5-12)18-9-8-17-11(3)15/h4-7,10H,8-9H2,1-3H3/p+1. The van der Waals surface area contributed by atoms with Gasteiger partial charge in [0.15, 0.2) is 0 Å². The van der Waals surface area contributed by atoms with Crippen LogP contribution in [-0.2, 0) is 9.53 Å². The number of rotatable bonds is 6. The minimum absolute atomic E-state index is 0.0979. The van der Waals surface area contributed by atoms with E-state index in [1.807, 2.05) is 13.8 Å². The average molecular weight is 251 g/mol. The number of ether oxygens (including phenoxy) is 2. The highest BCUT2D eigenvalue weighted by Crippen LogP contribution is 2.14. The number of benzene rings is 1. The van der Waals surface area contributed by atoms with Crippen LogP contribution < -0.4 is 4.74 Å². The summed E-state index contributed by atoms with van der Waals surface area (Å²) in [4.78, 5) is 20.3. The summed E-state index contributed by atoms with van der Waals surface area (Å²) in [6, 6.07) is 7.16. The number of esters is 1. The van der Waals surface area contributed by atoms with Crippen LogP contribution in [0.15, 0.2) is 24.3 Å². The van der Waals surface area contributed by atoms with Gasteiger partial charge in [0.1, 0.15) is 19.0 Å². The van der Waals surface area contributed by atoms with Crippen LogP contribution in [0.4, 0.5) is 0 Å². The van der Waals surface area contributed by atoms with Gasteiger partial charge in [-0.15, -0.1) is 0 Å². The van der Waals surface area contributed by atoms with E-state index in [1.54, 1.807) is 24.3 Å². The van der Waals surface area contributed by atoms with Gasteiger partial charge < -0.3 is 9.47 Å².